The summed E-state index contributed by atoms with van der Waals surface area (Å²) in [7, 11) is 0. The van der Waals surface area contributed by atoms with Crippen LogP contribution in [0.4, 0.5) is 8.78 Å². The number of carboxylic acids is 1. The van der Waals surface area contributed by atoms with Gasteiger partial charge in [0.1, 0.15) is 11.9 Å². The summed E-state index contributed by atoms with van der Waals surface area (Å²) in [6, 6.07) is 1.23. The van der Waals surface area contributed by atoms with Gasteiger partial charge in [-0.05, 0) is 44.6 Å². The van der Waals surface area contributed by atoms with Gasteiger partial charge in [-0.2, -0.15) is 0 Å². The standard InChI is InChI=1S/C27H24ClF2N5O4S/c1-2-39-27(38)18-21(13-3-5-14(6-4-13)23-32-11-15(12-33-23)26(36)37)34-24(25-31-9-10-40-25)35-22(18)16-7-8-17(29)20(30)19(16)28/h7-14,22H,2-6H2,1H3,(H,34,35)(H,36,37). The molecule has 1 aromatic carbocycles. The van der Waals surface area contributed by atoms with E-state index >= 15 is 0 Å². The van der Waals surface area contributed by atoms with Gasteiger partial charge in [-0.25, -0.2) is 33.3 Å². The molecule has 208 valence electrons. The third kappa shape index (κ3) is 5.46. The smallest absolute Gasteiger partial charge is 0.338 e. The Labute approximate surface area is 237 Å². The molecule has 0 saturated heterocycles. The Bertz CT molecular complexity index is 1490. The Morgan fingerprint density at radius 1 is 1.12 bits per heavy atom. The van der Waals surface area contributed by atoms with E-state index in [0.29, 0.717) is 48.0 Å². The zero-order valence-electron chi connectivity index (χ0n) is 21.2. The van der Waals surface area contributed by atoms with Crippen LogP contribution in [0, 0.1) is 17.6 Å². The molecule has 1 saturated carbocycles. The number of aromatic carboxylic acids is 1. The molecule has 0 bridgehead atoms. The van der Waals surface area contributed by atoms with Crippen LogP contribution in [-0.2, 0) is 9.53 Å². The van der Waals surface area contributed by atoms with E-state index in [0.717, 1.165) is 6.07 Å². The largest absolute Gasteiger partial charge is 0.478 e. The number of carboxylic acid groups (broad SMARTS) is 1. The van der Waals surface area contributed by atoms with E-state index in [4.69, 9.17) is 26.4 Å². The maximum Gasteiger partial charge on any atom is 0.338 e. The van der Waals surface area contributed by atoms with Gasteiger partial charge in [-0.3, -0.25) is 4.99 Å². The van der Waals surface area contributed by atoms with E-state index in [2.05, 4.69) is 20.3 Å². The van der Waals surface area contributed by atoms with Crippen molar-refractivity contribution in [2.75, 3.05) is 6.61 Å². The topological polar surface area (TPSA) is 127 Å². The van der Waals surface area contributed by atoms with Gasteiger partial charge >= 0.3 is 11.9 Å². The van der Waals surface area contributed by atoms with E-state index in [-0.39, 0.29) is 35.1 Å². The summed E-state index contributed by atoms with van der Waals surface area (Å²) in [6.07, 6.45) is 6.86. The predicted molar refractivity (Wildman–Crippen MR) is 143 cm³/mol. The highest BCUT2D eigenvalue weighted by molar-refractivity contribution is 7.11. The summed E-state index contributed by atoms with van der Waals surface area (Å²) in [6.45, 7) is 1.78. The number of carbonyl (C=O) groups excluding carboxylic acids is 1. The van der Waals surface area contributed by atoms with Gasteiger partial charge in [0.25, 0.3) is 0 Å². The van der Waals surface area contributed by atoms with Crippen LogP contribution in [0.15, 0.2) is 52.4 Å². The zero-order chi connectivity index (χ0) is 28.4. The summed E-state index contributed by atoms with van der Waals surface area (Å²) in [5.74, 6) is -3.22. The van der Waals surface area contributed by atoms with Crippen molar-refractivity contribution in [1.29, 1.82) is 0 Å². The molecule has 13 heteroatoms. The lowest BCUT2D eigenvalue weighted by Crippen LogP contribution is -2.38. The van der Waals surface area contributed by atoms with Crippen molar-refractivity contribution in [2.24, 2.45) is 10.9 Å². The lowest BCUT2D eigenvalue weighted by molar-refractivity contribution is -0.139. The van der Waals surface area contributed by atoms with Gasteiger partial charge < -0.3 is 15.2 Å². The van der Waals surface area contributed by atoms with Crippen LogP contribution >= 0.6 is 22.9 Å². The number of hydrogen-bond donors (Lipinski definition) is 2. The molecule has 2 N–H and O–H groups in total. The molecule has 2 aromatic heterocycles. The van der Waals surface area contributed by atoms with Gasteiger partial charge in [0, 0.05) is 41.1 Å². The van der Waals surface area contributed by atoms with Gasteiger partial charge in [0.15, 0.2) is 22.5 Å². The van der Waals surface area contributed by atoms with Crippen LogP contribution in [-0.4, -0.2) is 44.4 Å². The summed E-state index contributed by atoms with van der Waals surface area (Å²) >= 11 is 7.60. The van der Waals surface area contributed by atoms with Crippen LogP contribution in [0.1, 0.15) is 71.3 Å². The number of rotatable bonds is 7. The second-order valence-corrected chi connectivity index (χ2v) is 10.6. The Hall–Kier alpha value is -3.77. The molecule has 0 amide bonds. The third-order valence-corrected chi connectivity index (χ3v) is 8.15. The molecular weight excluding hydrogens is 564 g/mol. The number of esters is 1. The van der Waals surface area contributed by atoms with Crippen LogP contribution in [0.5, 0.6) is 0 Å². The van der Waals surface area contributed by atoms with Crippen molar-refractivity contribution < 1.29 is 28.2 Å². The SMILES string of the molecule is CCOC(=O)C1=C(C2CCC(c3ncc(C(=O)O)cn3)CC2)NC(c2nccs2)=NC1c1ccc(F)c(F)c1Cl. The van der Waals surface area contributed by atoms with Crippen LogP contribution in [0.3, 0.4) is 0 Å². The summed E-state index contributed by atoms with van der Waals surface area (Å²) in [5.41, 5.74) is 0.909. The molecule has 40 heavy (non-hydrogen) atoms. The first-order valence-corrected chi connectivity index (χ1v) is 13.9. The molecule has 9 nitrogen and oxygen atoms in total. The maximum atomic E-state index is 14.6. The first-order valence-electron chi connectivity index (χ1n) is 12.6. The van der Waals surface area contributed by atoms with E-state index in [1.807, 2.05) is 0 Å². The minimum Gasteiger partial charge on any atom is -0.478 e. The van der Waals surface area contributed by atoms with Crippen LogP contribution in [0.25, 0.3) is 0 Å². The van der Waals surface area contributed by atoms with Crippen molar-refractivity contribution in [3.05, 3.63) is 86.0 Å². The Balaban J connectivity index is 1.52. The first-order chi connectivity index (χ1) is 19.3. The fraction of sp³-hybridized carbons (Fsp3) is 0.333. The molecule has 3 aromatic rings. The molecule has 1 unspecified atom stereocenters. The number of allylic oxidation sites excluding steroid dienone is 1. The monoisotopic (exact) mass is 587 g/mol. The highest BCUT2D eigenvalue weighted by Gasteiger charge is 2.38. The number of ether oxygens (including phenoxy) is 1. The molecule has 0 radical (unpaired) electrons. The zero-order valence-corrected chi connectivity index (χ0v) is 22.8. The molecule has 1 aliphatic carbocycles. The lowest BCUT2D eigenvalue weighted by Gasteiger charge is -2.35. The number of thiazole rings is 1. The summed E-state index contributed by atoms with van der Waals surface area (Å²) < 4.78 is 33.9. The van der Waals surface area contributed by atoms with Crippen molar-refractivity contribution in [2.45, 2.75) is 44.6 Å². The van der Waals surface area contributed by atoms with E-state index in [9.17, 15) is 18.4 Å². The summed E-state index contributed by atoms with van der Waals surface area (Å²) in [5, 5.41) is 14.3. The number of benzene rings is 1. The van der Waals surface area contributed by atoms with Gasteiger partial charge in [0.05, 0.1) is 22.8 Å². The minimum absolute atomic E-state index is 0.0119. The number of nitrogens with zero attached hydrogens (tertiary/aromatic N) is 4. The predicted octanol–water partition coefficient (Wildman–Crippen LogP) is 5.45. The normalized spacial score (nSPS) is 21.0. The van der Waals surface area contributed by atoms with Gasteiger partial charge in [0.2, 0.25) is 0 Å². The molecule has 2 aliphatic rings. The van der Waals surface area contributed by atoms with Gasteiger partial charge in [-0.1, -0.05) is 17.7 Å². The fourth-order valence-electron chi connectivity index (χ4n) is 5.05. The van der Waals surface area contributed by atoms with Gasteiger partial charge in [-0.15, -0.1) is 11.3 Å². The molecule has 1 fully saturated rings. The quantitative estimate of drug-likeness (QED) is 0.276. The molecular formula is C27H24ClF2N5O4S. The lowest BCUT2D eigenvalue weighted by atomic mass is 9.77. The summed E-state index contributed by atoms with van der Waals surface area (Å²) in [4.78, 5) is 42.1. The average molecular weight is 588 g/mol. The Kier molecular flexibility index (Phi) is 8.17. The first kappa shape index (κ1) is 27.8. The highest BCUT2D eigenvalue weighted by Crippen LogP contribution is 2.43. The fourth-order valence-corrected chi connectivity index (χ4v) is 5.89. The highest BCUT2D eigenvalue weighted by atomic mass is 35.5. The van der Waals surface area contributed by atoms with Crippen molar-refractivity contribution in [3.63, 3.8) is 0 Å². The molecule has 1 aliphatic heterocycles. The Morgan fingerprint density at radius 3 is 2.45 bits per heavy atom. The van der Waals surface area contributed by atoms with E-state index < -0.39 is 34.6 Å². The number of aromatic nitrogens is 3. The van der Waals surface area contributed by atoms with Crippen molar-refractivity contribution in [3.8, 4) is 0 Å². The molecule has 0 spiro atoms. The number of halogens is 3. The number of carbonyl (C=O) groups is 2. The van der Waals surface area contributed by atoms with Crippen molar-refractivity contribution in [1.82, 2.24) is 20.3 Å². The minimum atomic E-state index is -1.22. The second-order valence-electron chi connectivity index (χ2n) is 9.34. The average Bonchev–Trinajstić information content (AvgIpc) is 3.51. The van der Waals surface area contributed by atoms with E-state index in [1.54, 1.807) is 18.5 Å². The van der Waals surface area contributed by atoms with E-state index in [1.165, 1.54) is 29.8 Å². The second kappa shape index (κ2) is 11.8. The molecule has 3 heterocycles. The van der Waals surface area contributed by atoms with Crippen LogP contribution < -0.4 is 5.32 Å². The molecule has 5 rings (SSSR count). The Morgan fingerprint density at radius 2 is 1.82 bits per heavy atom. The number of amidine groups is 1. The third-order valence-electron chi connectivity index (χ3n) is 6.98. The van der Waals surface area contributed by atoms with Crippen LogP contribution in [0.2, 0.25) is 5.02 Å². The maximum absolute atomic E-state index is 14.6. The number of nitrogens with one attached hydrogen (secondary N) is 1. The number of aliphatic imine (C=N–C) groups is 1. The number of hydrogen-bond acceptors (Lipinski definition) is 9. The molecule has 1 atom stereocenters. The van der Waals surface area contributed by atoms with Crippen molar-refractivity contribution >= 4 is 40.7 Å².